The van der Waals surface area contributed by atoms with Crippen molar-refractivity contribution >= 4 is 35.3 Å². The average molecular weight is 207 g/mol. The molecule has 3 heteroatoms. The van der Waals surface area contributed by atoms with Crippen molar-refractivity contribution in [3.8, 4) is 0 Å². The Morgan fingerprint density at radius 3 is 2.85 bits per heavy atom. The van der Waals surface area contributed by atoms with Gasteiger partial charge in [-0.3, -0.25) is 0 Å². The Morgan fingerprint density at radius 1 is 1.23 bits per heavy atom. The van der Waals surface area contributed by atoms with Gasteiger partial charge in [0.05, 0.1) is 10.5 Å². The lowest BCUT2D eigenvalue weighted by atomic mass is 10.2. The Hall–Kier alpha value is -0.670. The molecule has 0 radical (unpaired) electrons. The van der Waals surface area contributed by atoms with Crippen molar-refractivity contribution < 1.29 is 0 Å². The monoisotopic (exact) mass is 207 g/mol. The van der Waals surface area contributed by atoms with Crippen LogP contribution >= 0.6 is 24.4 Å². The molecule has 66 valence electrons. The summed E-state index contributed by atoms with van der Waals surface area (Å²) in [5.41, 5.74) is 1.03. The average Bonchev–Trinajstić information content (AvgIpc) is 2.17. The molecule has 1 aromatic heterocycles. The Bertz CT molecular complexity index is 440. The second kappa shape index (κ2) is 3.60. The molecule has 1 aromatic carbocycles. The minimum Gasteiger partial charge on any atom is -0.242 e. The minimum absolute atomic E-state index is 0.978. The smallest absolute Gasteiger partial charge is 0.0964 e. The maximum Gasteiger partial charge on any atom is 0.0964 e. The second-order valence-corrected chi connectivity index (χ2v) is 4.07. The number of rotatable bonds is 1. The molecule has 0 bridgehead atoms. The van der Waals surface area contributed by atoms with Gasteiger partial charge in [-0.25, -0.2) is 4.98 Å². The van der Waals surface area contributed by atoms with Gasteiger partial charge >= 0.3 is 0 Å². The Morgan fingerprint density at radius 2 is 2.08 bits per heavy atom. The number of benzene rings is 1. The van der Waals surface area contributed by atoms with Gasteiger partial charge in [-0.2, -0.15) is 0 Å². The van der Waals surface area contributed by atoms with E-state index < -0.39 is 0 Å². The highest BCUT2D eigenvalue weighted by molar-refractivity contribution is 7.98. The van der Waals surface area contributed by atoms with Crippen LogP contribution in [0.1, 0.15) is 0 Å². The molecule has 0 fully saturated rings. The fourth-order valence-corrected chi connectivity index (χ4v) is 1.82. The van der Waals surface area contributed by atoms with Gasteiger partial charge in [-0.05, 0) is 30.5 Å². The molecule has 0 aliphatic rings. The van der Waals surface area contributed by atoms with Crippen molar-refractivity contribution in [3.05, 3.63) is 30.3 Å². The first kappa shape index (κ1) is 8.91. The van der Waals surface area contributed by atoms with Crippen LogP contribution in [0, 0.1) is 0 Å². The minimum atomic E-state index is 0.978. The maximum atomic E-state index is 4.46. The first-order valence-electron chi connectivity index (χ1n) is 3.93. The van der Waals surface area contributed by atoms with Crippen molar-refractivity contribution in [3.63, 3.8) is 0 Å². The zero-order valence-corrected chi connectivity index (χ0v) is 8.90. The van der Waals surface area contributed by atoms with Crippen molar-refractivity contribution in [2.45, 2.75) is 9.92 Å². The number of fused-ring (bicyclic) bond motifs is 1. The molecule has 1 heterocycles. The van der Waals surface area contributed by atoms with Crippen molar-refractivity contribution in [2.75, 3.05) is 6.26 Å². The zero-order chi connectivity index (χ0) is 9.26. The van der Waals surface area contributed by atoms with Gasteiger partial charge in [0.2, 0.25) is 0 Å². The first-order valence-corrected chi connectivity index (χ1v) is 5.60. The van der Waals surface area contributed by atoms with Crippen LogP contribution in [-0.4, -0.2) is 11.2 Å². The standard InChI is InChI=1S/C10H9NS2/c1-13-10-5-2-7-6-8(12)3-4-9(7)11-10/h2-6,12H,1H3. The number of hydrogen-bond acceptors (Lipinski definition) is 3. The molecule has 0 aliphatic heterocycles. The van der Waals surface area contributed by atoms with E-state index in [0.29, 0.717) is 0 Å². The highest BCUT2D eigenvalue weighted by atomic mass is 32.2. The van der Waals surface area contributed by atoms with Crippen molar-refractivity contribution in [2.24, 2.45) is 0 Å². The van der Waals surface area contributed by atoms with E-state index in [1.165, 1.54) is 0 Å². The summed E-state index contributed by atoms with van der Waals surface area (Å²) < 4.78 is 0. The zero-order valence-electron chi connectivity index (χ0n) is 7.19. The van der Waals surface area contributed by atoms with Crippen LogP contribution in [-0.2, 0) is 0 Å². The van der Waals surface area contributed by atoms with Crippen LogP contribution in [0.3, 0.4) is 0 Å². The summed E-state index contributed by atoms with van der Waals surface area (Å²) in [5, 5.41) is 2.20. The molecule has 0 amide bonds. The number of hydrogen-bond donors (Lipinski definition) is 1. The lowest BCUT2D eigenvalue weighted by Gasteiger charge is -2.00. The number of aromatic nitrogens is 1. The molecule has 2 aromatic rings. The van der Waals surface area contributed by atoms with Crippen LogP contribution in [0.15, 0.2) is 40.3 Å². The first-order chi connectivity index (χ1) is 6.29. The Balaban J connectivity index is 2.66. The lowest BCUT2D eigenvalue weighted by molar-refractivity contribution is 1.19. The quantitative estimate of drug-likeness (QED) is 0.569. The summed E-state index contributed by atoms with van der Waals surface area (Å²) in [6.45, 7) is 0. The highest BCUT2D eigenvalue weighted by Gasteiger charge is 1.96. The molecule has 0 saturated heterocycles. The third-order valence-electron chi connectivity index (χ3n) is 1.86. The topological polar surface area (TPSA) is 12.9 Å². The van der Waals surface area contributed by atoms with Crippen LogP contribution in [0.25, 0.3) is 10.9 Å². The van der Waals surface area contributed by atoms with Crippen molar-refractivity contribution in [1.82, 2.24) is 4.98 Å². The molecular weight excluding hydrogens is 198 g/mol. The number of thioether (sulfide) groups is 1. The van der Waals surface area contributed by atoms with Crippen LogP contribution in [0.2, 0.25) is 0 Å². The molecule has 2 rings (SSSR count). The normalized spacial score (nSPS) is 10.6. The summed E-state index contributed by atoms with van der Waals surface area (Å²) in [5.74, 6) is 0. The van der Waals surface area contributed by atoms with E-state index in [1.807, 2.05) is 30.5 Å². The van der Waals surface area contributed by atoms with E-state index in [0.717, 1.165) is 20.8 Å². The lowest BCUT2D eigenvalue weighted by Crippen LogP contribution is -1.81. The predicted molar refractivity (Wildman–Crippen MR) is 60.8 cm³/mol. The highest BCUT2D eigenvalue weighted by Crippen LogP contribution is 2.20. The van der Waals surface area contributed by atoms with Gasteiger partial charge in [0, 0.05) is 10.3 Å². The number of thiol groups is 1. The molecular formula is C10H9NS2. The van der Waals surface area contributed by atoms with Crippen molar-refractivity contribution in [1.29, 1.82) is 0 Å². The van der Waals surface area contributed by atoms with E-state index in [4.69, 9.17) is 0 Å². The summed E-state index contributed by atoms with van der Waals surface area (Å²) in [7, 11) is 0. The molecule has 1 nitrogen and oxygen atoms in total. The SMILES string of the molecule is CSc1ccc2cc(S)ccc2n1. The van der Waals surface area contributed by atoms with Crippen LogP contribution in [0.4, 0.5) is 0 Å². The van der Waals surface area contributed by atoms with E-state index in [9.17, 15) is 0 Å². The van der Waals surface area contributed by atoms with Gasteiger partial charge < -0.3 is 0 Å². The molecule has 0 spiro atoms. The molecule has 0 saturated carbocycles. The number of pyridine rings is 1. The Kier molecular flexibility index (Phi) is 2.47. The van der Waals surface area contributed by atoms with E-state index >= 15 is 0 Å². The molecule has 0 unspecified atom stereocenters. The summed E-state index contributed by atoms with van der Waals surface area (Å²) in [4.78, 5) is 5.44. The van der Waals surface area contributed by atoms with Crippen LogP contribution < -0.4 is 0 Å². The molecule has 13 heavy (non-hydrogen) atoms. The number of nitrogens with zero attached hydrogens (tertiary/aromatic N) is 1. The third kappa shape index (κ3) is 1.81. The largest absolute Gasteiger partial charge is 0.242 e. The molecule has 0 aliphatic carbocycles. The van der Waals surface area contributed by atoms with E-state index in [2.05, 4.69) is 23.7 Å². The molecule has 0 N–H and O–H groups in total. The fourth-order valence-electron chi connectivity index (χ4n) is 1.21. The summed E-state index contributed by atoms with van der Waals surface area (Å²) in [6.07, 6.45) is 2.03. The third-order valence-corrected chi connectivity index (χ3v) is 2.78. The summed E-state index contributed by atoms with van der Waals surface area (Å²) in [6, 6.07) is 10.1. The van der Waals surface area contributed by atoms with E-state index in [-0.39, 0.29) is 0 Å². The fraction of sp³-hybridized carbons (Fsp3) is 0.100. The van der Waals surface area contributed by atoms with Gasteiger partial charge in [0.25, 0.3) is 0 Å². The Labute approximate surface area is 87.0 Å². The van der Waals surface area contributed by atoms with Gasteiger partial charge in [0.15, 0.2) is 0 Å². The van der Waals surface area contributed by atoms with Crippen LogP contribution in [0.5, 0.6) is 0 Å². The molecule has 0 atom stereocenters. The maximum absolute atomic E-state index is 4.46. The van der Waals surface area contributed by atoms with Gasteiger partial charge in [-0.1, -0.05) is 6.07 Å². The predicted octanol–water partition coefficient (Wildman–Crippen LogP) is 3.25. The van der Waals surface area contributed by atoms with Gasteiger partial charge in [-0.15, -0.1) is 24.4 Å². The van der Waals surface area contributed by atoms with E-state index in [1.54, 1.807) is 11.8 Å². The van der Waals surface area contributed by atoms with Gasteiger partial charge in [0.1, 0.15) is 0 Å². The second-order valence-electron chi connectivity index (χ2n) is 2.73. The summed E-state index contributed by atoms with van der Waals surface area (Å²) >= 11 is 5.93.